The SMILES string of the molecule is CS(=O)(=O)Nc1ncc2c(n1)N1CCN=C1C(Br)=C2. The van der Waals surface area contributed by atoms with Crippen LogP contribution in [0.4, 0.5) is 11.8 Å². The van der Waals surface area contributed by atoms with Crippen molar-refractivity contribution in [1.82, 2.24) is 9.97 Å². The molecule has 1 aromatic heterocycles. The number of hydrogen-bond donors (Lipinski definition) is 1. The lowest BCUT2D eigenvalue weighted by Crippen LogP contribution is -2.31. The highest BCUT2D eigenvalue weighted by molar-refractivity contribution is 9.12. The molecule has 3 rings (SSSR count). The number of nitrogens with one attached hydrogen (secondary N) is 1. The maximum atomic E-state index is 11.2. The summed E-state index contributed by atoms with van der Waals surface area (Å²) in [4.78, 5) is 14.6. The van der Waals surface area contributed by atoms with Gasteiger partial charge in [-0.1, -0.05) is 0 Å². The summed E-state index contributed by atoms with van der Waals surface area (Å²) in [6.45, 7) is 1.41. The minimum absolute atomic E-state index is 0.0684. The molecule has 0 aliphatic carbocycles. The molecule has 0 unspecified atom stereocenters. The molecule has 100 valence electrons. The number of sulfonamides is 1. The smallest absolute Gasteiger partial charge is 0.238 e. The Bertz CT molecular complexity index is 713. The van der Waals surface area contributed by atoms with E-state index in [9.17, 15) is 8.42 Å². The quantitative estimate of drug-likeness (QED) is 0.858. The highest BCUT2D eigenvalue weighted by Crippen LogP contribution is 2.32. The summed E-state index contributed by atoms with van der Waals surface area (Å²) in [6, 6.07) is 0. The lowest BCUT2D eigenvalue weighted by atomic mass is 10.2. The zero-order valence-electron chi connectivity index (χ0n) is 9.96. The van der Waals surface area contributed by atoms with Crippen molar-refractivity contribution in [3.63, 3.8) is 0 Å². The number of hydrogen-bond acceptors (Lipinski definition) is 6. The molecule has 7 nitrogen and oxygen atoms in total. The van der Waals surface area contributed by atoms with Crippen molar-refractivity contribution in [1.29, 1.82) is 0 Å². The van der Waals surface area contributed by atoms with Gasteiger partial charge in [-0.15, -0.1) is 0 Å². The number of rotatable bonds is 2. The standard InChI is InChI=1S/C10H10BrN5O2S/c1-19(17,18)15-10-13-5-6-4-7(11)9-12-2-3-16(9)8(6)14-10/h4-5H,2-3H2,1H3,(H,13,14,15). The third kappa shape index (κ3) is 2.35. The maximum absolute atomic E-state index is 11.2. The van der Waals surface area contributed by atoms with Crippen molar-refractivity contribution in [2.75, 3.05) is 29.0 Å². The van der Waals surface area contributed by atoms with E-state index in [4.69, 9.17) is 0 Å². The summed E-state index contributed by atoms with van der Waals surface area (Å²) in [6.07, 6.45) is 4.53. The molecule has 0 aromatic carbocycles. The predicted octanol–water partition coefficient (Wildman–Crippen LogP) is 0.816. The van der Waals surface area contributed by atoms with Gasteiger partial charge in [0.15, 0.2) is 0 Å². The van der Waals surface area contributed by atoms with Gasteiger partial charge in [-0.05, 0) is 22.0 Å². The Balaban J connectivity index is 2.07. The van der Waals surface area contributed by atoms with E-state index in [1.807, 2.05) is 11.0 Å². The van der Waals surface area contributed by atoms with Crippen LogP contribution in [0.1, 0.15) is 5.56 Å². The number of fused-ring (bicyclic) bond motifs is 3. The Morgan fingerprint density at radius 1 is 1.47 bits per heavy atom. The van der Waals surface area contributed by atoms with E-state index in [1.165, 1.54) is 0 Å². The zero-order valence-corrected chi connectivity index (χ0v) is 12.4. The fourth-order valence-electron chi connectivity index (χ4n) is 1.97. The lowest BCUT2D eigenvalue weighted by Gasteiger charge is -2.25. The number of aromatic nitrogens is 2. The number of amidine groups is 1. The van der Waals surface area contributed by atoms with E-state index >= 15 is 0 Å². The average molecular weight is 344 g/mol. The fraction of sp³-hybridized carbons (Fsp3) is 0.300. The van der Waals surface area contributed by atoms with Crippen molar-refractivity contribution in [3.8, 4) is 0 Å². The molecular formula is C10H10BrN5O2S. The number of aliphatic imine (C=N–C) groups is 1. The molecule has 19 heavy (non-hydrogen) atoms. The molecule has 0 spiro atoms. The van der Waals surface area contributed by atoms with Crippen LogP contribution in [-0.2, 0) is 10.0 Å². The minimum Gasteiger partial charge on any atom is -0.308 e. The van der Waals surface area contributed by atoms with E-state index in [1.54, 1.807) is 6.20 Å². The van der Waals surface area contributed by atoms with Crippen molar-refractivity contribution in [2.45, 2.75) is 0 Å². The molecule has 2 aliphatic heterocycles. The topological polar surface area (TPSA) is 87.5 Å². The first kappa shape index (κ1) is 12.5. The van der Waals surface area contributed by atoms with Crippen LogP contribution in [0.2, 0.25) is 0 Å². The van der Waals surface area contributed by atoms with Crippen LogP contribution in [0.3, 0.4) is 0 Å². The molecule has 9 heteroatoms. The Morgan fingerprint density at radius 2 is 2.26 bits per heavy atom. The van der Waals surface area contributed by atoms with E-state index in [2.05, 4.69) is 35.6 Å². The van der Waals surface area contributed by atoms with Gasteiger partial charge >= 0.3 is 0 Å². The normalized spacial score (nSPS) is 17.5. The second kappa shape index (κ2) is 4.27. The monoisotopic (exact) mass is 343 g/mol. The fourth-order valence-corrected chi connectivity index (χ4v) is 2.99. The van der Waals surface area contributed by atoms with Gasteiger partial charge in [-0.3, -0.25) is 9.71 Å². The summed E-state index contributed by atoms with van der Waals surface area (Å²) in [5, 5.41) is 0. The van der Waals surface area contributed by atoms with Crippen LogP contribution in [0.15, 0.2) is 15.7 Å². The Hall–Kier alpha value is -1.48. The molecule has 0 radical (unpaired) electrons. The maximum Gasteiger partial charge on any atom is 0.238 e. The molecule has 3 heterocycles. The largest absolute Gasteiger partial charge is 0.308 e. The van der Waals surface area contributed by atoms with E-state index < -0.39 is 10.0 Å². The zero-order chi connectivity index (χ0) is 13.6. The lowest BCUT2D eigenvalue weighted by molar-refractivity contribution is 0.606. The molecule has 0 saturated heterocycles. The van der Waals surface area contributed by atoms with Crippen LogP contribution in [0.25, 0.3) is 6.08 Å². The van der Waals surface area contributed by atoms with Crippen LogP contribution in [-0.4, -0.2) is 43.6 Å². The van der Waals surface area contributed by atoms with Crippen LogP contribution < -0.4 is 9.62 Å². The number of halogens is 1. The summed E-state index contributed by atoms with van der Waals surface area (Å²) in [7, 11) is -3.39. The molecule has 0 atom stereocenters. The molecular weight excluding hydrogens is 334 g/mol. The Morgan fingerprint density at radius 3 is 3.00 bits per heavy atom. The summed E-state index contributed by atoms with van der Waals surface area (Å²) < 4.78 is 25.6. The molecule has 0 bridgehead atoms. The third-order valence-corrected chi connectivity index (χ3v) is 3.80. The van der Waals surface area contributed by atoms with Gasteiger partial charge < -0.3 is 4.90 Å². The van der Waals surface area contributed by atoms with Gasteiger partial charge in [0.25, 0.3) is 0 Å². The molecule has 2 aliphatic rings. The van der Waals surface area contributed by atoms with Gasteiger partial charge in [0.05, 0.1) is 17.3 Å². The van der Waals surface area contributed by atoms with Crippen molar-refractivity contribution in [2.24, 2.45) is 4.99 Å². The second-order valence-electron chi connectivity index (χ2n) is 4.20. The molecule has 0 saturated carbocycles. The van der Waals surface area contributed by atoms with Crippen LogP contribution in [0, 0.1) is 0 Å². The van der Waals surface area contributed by atoms with Crippen LogP contribution >= 0.6 is 15.9 Å². The summed E-state index contributed by atoms with van der Waals surface area (Å²) >= 11 is 3.45. The predicted molar refractivity (Wildman–Crippen MR) is 77.1 cm³/mol. The highest BCUT2D eigenvalue weighted by Gasteiger charge is 2.28. The first-order valence-corrected chi connectivity index (χ1v) is 8.17. The molecule has 0 amide bonds. The summed E-state index contributed by atoms with van der Waals surface area (Å²) in [5.41, 5.74) is 0.826. The minimum atomic E-state index is -3.39. The van der Waals surface area contributed by atoms with Gasteiger partial charge in [-0.25, -0.2) is 13.4 Å². The van der Waals surface area contributed by atoms with Crippen molar-refractivity contribution >= 4 is 49.6 Å². The Labute approximate surface area is 118 Å². The van der Waals surface area contributed by atoms with Crippen molar-refractivity contribution in [3.05, 3.63) is 16.2 Å². The average Bonchev–Trinajstić information content (AvgIpc) is 2.78. The molecule has 1 N–H and O–H groups in total. The van der Waals surface area contributed by atoms with E-state index in [0.29, 0.717) is 12.4 Å². The number of anilines is 2. The Kier molecular flexibility index (Phi) is 2.82. The summed E-state index contributed by atoms with van der Waals surface area (Å²) in [5.74, 6) is 1.55. The first-order chi connectivity index (χ1) is 8.94. The highest BCUT2D eigenvalue weighted by atomic mass is 79.9. The molecule has 1 aromatic rings. The van der Waals surface area contributed by atoms with E-state index in [0.717, 1.165) is 28.7 Å². The number of nitrogens with zero attached hydrogens (tertiary/aromatic N) is 4. The second-order valence-corrected chi connectivity index (χ2v) is 6.80. The van der Waals surface area contributed by atoms with Gasteiger partial charge in [0.1, 0.15) is 11.7 Å². The van der Waals surface area contributed by atoms with Crippen LogP contribution in [0.5, 0.6) is 0 Å². The van der Waals surface area contributed by atoms with Crippen molar-refractivity contribution < 1.29 is 8.42 Å². The van der Waals surface area contributed by atoms with Gasteiger partial charge in [0.2, 0.25) is 16.0 Å². The third-order valence-electron chi connectivity index (χ3n) is 2.66. The molecule has 0 fully saturated rings. The van der Waals surface area contributed by atoms with Gasteiger partial charge in [0, 0.05) is 18.3 Å². The first-order valence-electron chi connectivity index (χ1n) is 5.48. The van der Waals surface area contributed by atoms with E-state index in [-0.39, 0.29) is 5.95 Å². The van der Waals surface area contributed by atoms with Gasteiger partial charge in [-0.2, -0.15) is 4.98 Å².